The Labute approximate surface area is 133 Å². The first kappa shape index (κ1) is 16.5. The van der Waals surface area contributed by atoms with Crippen LogP contribution in [0.25, 0.3) is 0 Å². The van der Waals surface area contributed by atoms with Crippen LogP contribution in [-0.4, -0.2) is 32.6 Å². The second-order valence-electron chi connectivity index (χ2n) is 4.71. The van der Waals surface area contributed by atoms with Crippen molar-refractivity contribution in [1.29, 1.82) is 0 Å². The summed E-state index contributed by atoms with van der Waals surface area (Å²) in [6.07, 6.45) is 0. The fourth-order valence-electron chi connectivity index (χ4n) is 1.90. The lowest BCUT2D eigenvalue weighted by atomic mass is 10.2. The first-order valence-electron chi connectivity index (χ1n) is 6.85. The van der Waals surface area contributed by atoms with Gasteiger partial charge in [0.2, 0.25) is 0 Å². The van der Waals surface area contributed by atoms with Crippen molar-refractivity contribution in [3.63, 3.8) is 0 Å². The predicted molar refractivity (Wildman–Crippen MR) is 83.1 cm³/mol. The van der Waals surface area contributed by atoms with E-state index in [1.54, 1.807) is 31.3 Å². The molecule has 2 aromatic rings. The minimum Gasteiger partial charge on any atom is -0.494 e. The summed E-state index contributed by atoms with van der Waals surface area (Å²) >= 11 is 0. The van der Waals surface area contributed by atoms with Gasteiger partial charge in [0.15, 0.2) is 18.2 Å². The SMILES string of the molecule is COc1ccc(C(=O)OCC(=O)N(C)c2ccccc2)cc1F. The van der Waals surface area contributed by atoms with Crippen LogP contribution in [-0.2, 0) is 9.53 Å². The maximum atomic E-state index is 13.6. The van der Waals surface area contributed by atoms with E-state index < -0.39 is 24.3 Å². The maximum Gasteiger partial charge on any atom is 0.338 e. The number of nitrogens with zero attached hydrogens (tertiary/aromatic N) is 1. The van der Waals surface area contributed by atoms with Gasteiger partial charge in [0.1, 0.15) is 0 Å². The fraction of sp³-hybridized carbons (Fsp3) is 0.176. The molecule has 1 amide bonds. The van der Waals surface area contributed by atoms with Crippen LogP contribution >= 0.6 is 0 Å². The number of benzene rings is 2. The van der Waals surface area contributed by atoms with Gasteiger partial charge in [0.05, 0.1) is 12.7 Å². The predicted octanol–water partition coefficient (Wildman–Crippen LogP) is 2.65. The molecule has 0 saturated heterocycles. The lowest BCUT2D eigenvalue weighted by Crippen LogP contribution is -2.31. The second kappa shape index (κ2) is 7.40. The van der Waals surface area contributed by atoms with E-state index in [1.807, 2.05) is 6.07 Å². The molecule has 0 aromatic heterocycles. The van der Waals surface area contributed by atoms with Crippen LogP contribution < -0.4 is 9.64 Å². The first-order valence-corrected chi connectivity index (χ1v) is 6.85. The molecule has 0 N–H and O–H groups in total. The van der Waals surface area contributed by atoms with Crippen molar-refractivity contribution < 1.29 is 23.5 Å². The van der Waals surface area contributed by atoms with E-state index in [1.165, 1.54) is 24.1 Å². The van der Waals surface area contributed by atoms with Crippen molar-refractivity contribution in [2.75, 3.05) is 25.7 Å². The van der Waals surface area contributed by atoms with Crippen molar-refractivity contribution in [1.82, 2.24) is 0 Å². The van der Waals surface area contributed by atoms with Crippen LogP contribution in [0.1, 0.15) is 10.4 Å². The number of para-hydroxylation sites is 1. The highest BCUT2D eigenvalue weighted by atomic mass is 19.1. The van der Waals surface area contributed by atoms with Crippen molar-refractivity contribution in [3.05, 3.63) is 59.9 Å². The number of methoxy groups -OCH3 is 1. The number of halogens is 1. The summed E-state index contributed by atoms with van der Waals surface area (Å²) in [5, 5.41) is 0. The third-order valence-electron chi connectivity index (χ3n) is 3.23. The standard InChI is InChI=1S/C17H16FNO4/c1-19(13-6-4-3-5-7-13)16(20)11-23-17(21)12-8-9-15(22-2)14(18)10-12/h3-10H,11H2,1-2H3. The molecule has 2 aromatic carbocycles. The molecule has 5 nitrogen and oxygen atoms in total. The Morgan fingerprint density at radius 1 is 1.13 bits per heavy atom. The molecule has 6 heteroatoms. The zero-order valence-corrected chi connectivity index (χ0v) is 12.8. The second-order valence-corrected chi connectivity index (χ2v) is 4.71. The summed E-state index contributed by atoms with van der Waals surface area (Å²) in [6.45, 7) is -0.433. The van der Waals surface area contributed by atoms with Crippen molar-refractivity contribution in [3.8, 4) is 5.75 Å². The van der Waals surface area contributed by atoms with E-state index >= 15 is 0 Å². The van der Waals surface area contributed by atoms with Crippen LogP contribution in [0.3, 0.4) is 0 Å². The lowest BCUT2D eigenvalue weighted by molar-refractivity contribution is -0.121. The summed E-state index contributed by atoms with van der Waals surface area (Å²) in [7, 11) is 2.91. The topological polar surface area (TPSA) is 55.8 Å². The molecule has 0 spiro atoms. The van der Waals surface area contributed by atoms with Crippen molar-refractivity contribution in [2.45, 2.75) is 0 Å². The van der Waals surface area contributed by atoms with Crippen LogP contribution in [0.4, 0.5) is 10.1 Å². The van der Waals surface area contributed by atoms with E-state index in [4.69, 9.17) is 9.47 Å². The fourth-order valence-corrected chi connectivity index (χ4v) is 1.90. The minimum atomic E-state index is -0.777. The summed E-state index contributed by atoms with van der Waals surface area (Å²) in [4.78, 5) is 25.2. The molecule has 0 saturated carbocycles. The van der Waals surface area contributed by atoms with Gasteiger partial charge in [0.25, 0.3) is 5.91 Å². The zero-order chi connectivity index (χ0) is 16.8. The summed E-state index contributed by atoms with van der Waals surface area (Å²) in [5.41, 5.74) is 0.697. The number of hydrogen-bond acceptors (Lipinski definition) is 4. The molecule has 0 radical (unpaired) electrons. The highest BCUT2D eigenvalue weighted by Gasteiger charge is 2.16. The number of carbonyl (C=O) groups excluding carboxylic acids is 2. The Hall–Kier alpha value is -2.89. The molecule has 23 heavy (non-hydrogen) atoms. The molecule has 2 rings (SSSR count). The Morgan fingerprint density at radius 3 is 2.43 bits per heavy atom. The van der Waals surface area contributed by atoms with Crippen LogP contribution in [0.2, 0.25) is 0 Å². The van der Waals surface area contributed by atoms with Gasteiger partial charge in [-0.15, -0.1) is 0 Å². The number of carbonyl (C=O) groups is 2. The average molecular weight is 317 g/mol. The third-order valence-corrected chi connectivity index (χ3v) is 3.23. The Kier molecular flexibility index (Phi) is 5.30. The van der Waals surface area contributed by atoms with Crippen molar-refractivity contribution in [2.24, 2.45) is 0 Å². The molecule has 120 valence electrons. The van der Waals surface area contributed by atoms with Crippen LogP contribution in [0.15, 0.2) is 48.5 Å². The summed E-state index contributed by atoms with van der Waals surface area (Å²) < 4.78 is 23.2. The average Bonchev–Trinajstić information content (AvgIpc) is 2.59. The van der Waals surface area contributed by atoms with Gasteiger partial charge in [-0.05, 0) is 30.3 Å². The van der Waals surface area contributed by atoms with Crippen LogP contribution in [0.5, 0.6) is 5.75 Å². The largest absolute Gasteiger partial charge is 0.494 e. The van der Waals surface area contributed by atoms with Gasteiger partial charge in [-0.2, -0.15) is 0 Å². The molecule has 0 aliphatic rings. The molecule has 0 atom stereocenters. The van der Waals surface area contributed by atoms with Gasteiger partial charge in [-0.25, -0.2) is 9.18 Å². The summed E-state index contributed by atoms with van der Waals surface area (Å²) in [5.74, 6) is -1.81. The molecule has 0 heterocycles. The Morgan fingerprint density at radius 2 is 1.83 bits per heavy atom. The van der Waals surface area contributed by atoms with E-state index in [0.717, 1.165) is 6.07 Å². The van der Waals surface area contributed by atoms with E-state index in [2.05, 4.69) is 0 Å². The summed E-state index contributed by atoms with van der Waals surface area (Å²) in [6, 6.07) is 12.7. The third kappa shape index (κ3) is 4.06. The molecule has 0 fully saturated rings. The van der Waals surface area contributed by atoms with Gasteiger partial charge >= 0.3 is 5.97 Å². The zero-order valence-electron chi connectivity index (χ0n) is 12.8. The number of hydrogen-bond donors (Lipinski definition) is 0. The number of rotatable bonds is 5. The normalized spacial score (nSPS) is 10.0. The van der Waals surface area contributed by atoms with Gasteiger partial charge < -0.3 is 14.4 Å². The molecule has 0 aliphatic carbocycles. The number of likely N-dealkylation sites (N-methyl/N-ethyl adjacent to an activating group) is 1. The number of ether oxygens (including phenoxy) is 2. The van der Waals surface area contributed by atoms with E-state index in [-0.39, 0.29) is 11.3 Å². The van der Waals surface area contributed by atoms with E-state index in [9.17, 15) is 14.0 Å². The Bertz CT molecular complexity index is 703. The van der Waals surface area contributed by atoms with E-state index in [0.29, 0.717) is 5.69 Å². The molecular formula is C17H16FNO4. The van der Waals surface area contributed by atoms with Gasteiger partial charge in [-0.1, -0.05) is 18.2 Å². The molecule has 0 unspecified atom stereocenters. The van der Waals surface area contributed by atoms with Gasteiger partial charge in [-0.3, -0.25) is 4.79 Å². The number of anilines is 1. The van der Waals surface area contributed by atoms with Crippen LogP contribution in [0, 0.1) is 5.82 Å². The Balaban J connectivity index is 1.96. The quantitative estimate of drug-likeness (QED) is 0.796. The smallest absolute Gasteiger partial charge is 0.338 e. The highest BCUT2D eigenvalue weighted by molar-refractivity contribution is 5.96. The highest BCUT2D eigenvalue weighted by Crippen LogP contribution is 2.18. The monoisotopic (exact) mass is 317 g/mol. The number of esters is 1. The molecule has 0 aliphatic heterocycles. The lowest BCUT2D eigenvalue weighted by Gasteiger charge is -2.17. The maximum absolute atomic E-state index is 13.6. The van der Waals surface area contributed by atoms with Crippen molar-refractivity contribution >= 4 is 17.6 Å². The number of amides is 1. The minimum absolute atomic E-state index is 0.0125. The molecular weight excluding hydrogens is 301 g/mol. The first-order chi connectivity index (χ1) is 11.0. The molecule has 0 bridgehead atoms. The van der Waals surface area contributed by atoms with Gasteiger partial charge in [0, 0.05) is 12.7 Å².